The molecule has 78 heavy (non-hydrogen) atoms. The third-order valence-electron chi connectivity index (χ3n) is 12.8. The summed E-state index contributed by atoms with van der Waals surface area (Å²) < 4.78 is 48.7. The van der Waals surface area contributed by atoms with Crippen LogP contribution < -0.4 is 45.9 Å². The molecule has 0 radical (unpaired) electrons. The number of hydrogen-bond acceptors (Lipinski definition) is 12. The number of rotatable bonds is 16. The van der Waals surface area contributed by atoms with E-state index in [1.807, 2.05) is 0 Å². The van der Waals surface area contributed by atoms with Crippen LogP contribution in [0.2, 0.25) is 10.0 Å². The Hall–Kier alpha value is -9.40. The average molecular weight is 1100 g/mol. The summed E-state index contributed by atoms with van der Waals surface area (Å²) in [6.07, 6.45) is 4.56. The number of methoxy groups -OCH3 is 2. The monoisotopic (exact) mass is 1100 g/mol. The second-order valence-corrected chi connectivity index (χ2v) is 18.7. The van der Waals surface area contributed by atoms with Crippen LogP contribution in [-0.4, -0.2) is 64.8 Å². The molecule has 2 saturated carbocycles. The van der Waals surface area contributed by atoms with E-state index in [9.17, 15) is 42.7 Å². The maximum Gasteiger partial charge on any atom is 0.339 e. The molecule has 2 aliphatic carbocycles. The number of nitrogens with two attached hydrogens (primary N) is 1. The fourth-order valence-corrected chi connectivity index (χ4v) is 8.60. The maximum atomic E-state index is 13.1. The second kappa shape index (κ2) is 22.1. The zero-order valence-electron chi connectivity index (χ0n) is 41.0. The molecule has 0 bridgehead atoms. The first kappa shape index (κ1) is 53.4. The van der Waals surface area contributed by atoms with Crippen LogP contribution in [0.3, 0.4) is 0 Å². The van der Waals surface area contributed by atoms with E-state index in [0.29, 0.717) is 81.7 Å². The Morgan fingerprint density at radius 3 is 1.21 bits per heavy atom. The zero-order chi connectivity index (χ0) is 55.5. The van der Waals surface area contributed by atoms with Gasteiger partial charge < -0.3 is 51.1 Å². The Kier molecular flexibility index (Phi) is 15.1. The van der Waals surface area contributed by atoms with Gasteiger partial charge in [0.25, 0.3) is 5.91 Å². The number of carbonyl (C=O) groups is 6. The molecule has 0 atom stereocenters. The molecule has 0 spiro atoms. The van der Waals surface area contributed by atoms with Gasteiger partial charge in [-0.05, 0) is 135 Å². The number of carboxylic acid groups (broad SMARTS) is 1. The normalized spacial score (nSPS) is 13.4. The van der Waals surface area contributed by atoms with Crippen LogP contribution in [0.4, 0.5) is 31.5 Å². The van der Waals surface area contributed by atoms with Gasteiger partial charge in [0.1, 0.15) is 62.5 Å². The smallest absolute Gasteiger partial charge is 0.339 e. The van der Waals surface area contributed by atoms with Crippen molar-refractivity contribution in [3.8, 4) is 34.5 Å². The average Bonchev–Trinajstić information content (AvgIpc) is 4.47. The van der Waals surface area contributed by atoms with Crippen LogP contribution in [-0.2, 0) is 19.2 Å². The van der Waals surface area contributed by atoms with Gasteiger partial charge in [0, 0.05) is 58.0 Å². The van der Waals surface area contributed by atoms with Gasteiger partial charge in [0.15, 0.2) is 0 Å². The number of benzene rings is 6. The van der Waals surface area contributed by atoms with E-state index in [0.717, 1.165) is 0 Å². The van der Waals surface area contributed by atoms with Crippen LogP contribution in [0.1, 0.15) is 46.4 Å². The van der Waals surface area contributed by atoms with Crippen molar-refractivity contribution in [3.05, 3.63) is 167 Å². The Balaban J connectivity index is 0.000000190. The summed E-state index contributed by atoms with van der Waals surface area (Å²) in [4.78, 5) is 83.7. The van der Waals surface area contributed by atoms with Crippen molar-refractivity contribution in [2.24, 2.45) is 16.6 Å². The van der Waals surface area contributed by atoms with Gasteiger partial charge in [0.05, 0.1) is 40.9 Å². The minimum absolute atomic E-state index is 0.0514. The number of primary amides is 1. The summed E-state index contributed by atoms with van der Waals surface area (Å²) >= 11 is 12.9. The first-order valence-corrected chi connectivity index (χ1v) is 24.3. The number of ether oxygens (including phenoxy) is 4. The molecule has 10 rings (SSSR count). The molecular weight excluding hydrogens is 1060 g/mol. The molecule has 2 aliphatic rings. The number of halogens is 4. The van der Waals surface area contributed by atoms with Gasteiger partial charge >= 0.3 is 5.97 Å². The number of pyridine rings is 2. The van der Waals surface area contributed by atoms with E-state index in [1.54, 1.807) is 42.5 Å². The van der Waals surface area contributed by atoms with Crippen molar-refractivity contribution in [1.82, 2.24) is 9.97 Å². The van der Waals surface area contributed by atoms with Crippen molar-refractivity contribution in [3.63, 3.8) is 0 Å². The van der Waals surface area contributed by atoms with E-state index in [1.165, 1.54) is 105 Å². The van der Waals surface area contributed by atoms with Gasteiger partial charge in [-0.3, -0.25) is 33.9 Å². The van der Waals surface area contributed by atoms with Crippen LogP contribution in [0.25, 0.3) is 21.8 Å². The van der Waals surface area contributed by atoms with Crippen molar-refractivity contribution >= 4 is 103 Å². The zero-order valence-corrected chi connectivity index (χ0v) is 42.6. The molecular formula is C56H43Cl2F2N7O11. The first-order chi connectivity index (χ1) is 37.4. The molecule has 396 valence electrons. The molecule has 0 aliphatic heterocycles. The number of hydrogen-bond donors (Lipinski definition) is 6. The molecule has 6 aromatic carbocycles. The number of aromatic nitrogens is 2. The fourth-order valence-electron chi connectivity index (χ4n) is 8.17. The van der Waals surface area contributed by atoms with E-state index < -0.39 is 58.0 Å². The molecule has 2 aromatic heterocycles. The van der Waals surface area contributed by atoms with Crippen molar-refractivity contribution in [1.29, 1.82) is 0 Å². The van der Waals surface area contributed by atoms with Gasteiger partial charge in [0.2, 0.25) is 23.6 Å². The van der Waals surface area contributed by atoms with Gasteiger partial charge in [-0.1, -0.05) is 23.2 Å². The van der Waals surface area contributed by atoms with Crippen molar-refractivity contribution < 1.29 is 61.6 Å². The predicted octanol–water partition coefficient (Wildman–Crippen LogP) is 11.2. The summed E-state index contributed by atoms with van der Waals surface area (Å²) in [5.74, 6) is -2.90. The topological polar surface area (TPSA) is 259 Å². The van der Waals surface area contributed by atoms with E-state index in [-0.39, 0.29) is 44.2 Å². The van der Waals surface area contributed by atoms with E-state index >= 15 is 0 Å². The minimum atomic E-state index is -1.23. The van der Waals surface area contributed by atoms with E-state index in [2.05, 4.69) is 31.2 Å². The molecule has 8 aromatic rings. The number of carbonyl (C=O) groups excluding carboxylic acids is 5. The number of aromatic carboxylic acids is 1. The Bertz CT molecular complexity index is 3490. The third-order valence-corrected chi connectivity index (χ3v) is 13.4. The number of nitrogens with zero attached hydrogens (tertiary/aromatic N) is 2. The molecule has 18 nitrogen and oxygen atoms in total. The highest BCUT2D eigenvalue weighted by atomic mass is 35.5. The second-order valence-electron chi connectivity index (χ2n) is 17.9. The number of amides is 5. The lowest BCUT2D eigenvalue weighted by molar-refractivity contribution is -0.132. The van der Waals surface area contributed by atoms with Gasteiger partial charge in [-0.15, -0.1) is 0 Å². The van der Waals surface area contributed by atoms with Crippen LogP contribution in [0, 0.1) is 22.5 Å². The summed E-state index contributed by atoms with van der Waals surface area (Å²) in [5, 5.41) is 21.6. The molecule has 5 amide bonds. The molecule has 0 unspecified atom stereocenters. The fraction of sp³-hybridized carbons (Fsp3) is 0.143. The number of anilines is 4. The Labute approximate surface area is 451 Å². The molecule has 2 heterocycles. The maximum absolute atomic E-state index is 13.1. The molecule has 22 heteroatoms. The van der Waals surface area contributed by atoms with Crippen molar-refractivity contribution in [2.75, 3.05) is 35.5 Å². The quantitative estimate of drug-likeness (QED) is 0.0493. The Morgan fingerprint density at radius 2 is 0.859 bits per heavy atom. The predicted molar refractivity (Wildman–Crippen MR) is 286 cm³/mol. The first-order valence-electron chi connectivity index (χ1n) is 23.6. The van der Waals surface area contributed by atoms with Crippen LogP contribution in [0.5, 0.6) is 34.5 Å². The highest BCUT2D eigenvalue weighted by molar-refractivity contribution is 6.33. The van der Waals surface area contributed by atoms with Crippen LogP contribution in [0.15, 0.2) is 134 Å². The highest BCUT2D eigenvalue weighted by Crippen LogP contribution is 2.49. The highest BCUT2D eigenvalue weighted by Gasteiger charge is 2.57. The number of nitrogens with one attached hydrogen (secondary N) is 4. The molecule has 0 saturated heterocycles. The lowest BCUT2D eigenvalue weighted by Gasteiger charge is -2.16. The summed E-state index contributed by atoms with van der Waals surface area (Å²) in [6.45, 7) is 0. The third kappa shape index (κ3) is 11.4. The lowest BCUT2D eigenvalue weighted by atomic mass is 10.0. The summed E-state index contributed by atoms with van der Waals surface area (Å²) in [6, 6.07) is 29.1. The van der Waals surface area contributed by atoms with Gasteiger partial charge in [-0.2, -0.15) is 0 Å². The van der Waals surface area contributed by atoms with E-state index in [4.69, 9.17) is 47.9 Å². The summed E-state index contributed by atoms with van der Waals surface area (Å²) in [5.41, 5.74) is 5.66. The largest absolute Gasteiger partial charge is 0.496 e. The lowest BCUT2D eigenvalue weighted by Crippen LogP contribution is -2.35. The number of fused-ring (bicyclic) bond motifs is 2. The van der Waals surface area contributed by atoms with Crippen LogP contribution >= 0.6 is 23.2 Å². The molecule has 7 N–H and O–H groups in total. The Morgan fingerprint density at radius 1 is 0.500 bits per heavy atom. The minimum Gasteiger partial charge on any atom is -0.496 e. The SMILES string of the molecule is COc1cc2nccc(Oc3ccc(NC(=O)C4(C(=O)Nc5ccc(F)cc5)CC4)cc3Cl)c2cc1C(=O)O.COc1cc2nccc(Oc3ccc(NC(=O)C4(C(=O)Nc5ccc(F)cc5)CC4)cc3Cl)c2cc1C(N)=O. The van der Waals surface area contributed by atoms with Gasteiger partial charge in [-0.25, -0.2) is 13.6 Å². The standard InChI is InChI=1S/C28H22ClFN4O5.C28H21ClFN3O6/c1-38-24-14-21-18(13-19(24)25(31)35)22(8-11-32-21)39-23-7-6-17(12-20(23)29)34-27(37)28(9-10-28)26(36)33-16-4-2-15(30)3-5-16;1-38-24-14-21-18(13-19(24)25(34)35)22(8-11-31-21)39-23-7-6-17(12-20(23)29)33-27(37)28(9-10-28)26(36)32-16-4-2-15(30)3-5-16/h2-8,11-14H,9-10H2,1H3,(H2,31,35)(H,33,36)(H,34,37);2-8,11-14H,9-10H2,1H3,(H,32,36)(H,33,37)(H,34,35). The molecule has 2 fully saturated rings. The number of carboxylic acids is 1. The summed E-state index contributed by atoms with van der Waals surface area (Å²) in [7, 11) is 2.80. The van der Waals surface area contributed by atoms with Crippen molar-refractivity contribution in [2.45, 2.75) is 25.7 Å².